The summed E-state index contributed by atoms with van der Waals surface area (Å²) in [4.78, 5) is 28.0. The van der Waals surface area contributed by atoms with Gasteiger partial charge in [0.15, 0.2) is 5.76 Å². The molecule has 3 N–H and O–H groups in total. The SMILES string of the molecule is COc1c(C)cc(C(=O)Nc2nnc(/N=C(C)/C=C\N)s2)oc1=O.[HH]. The van der Waals surface area contributed by atoms with Crippen molar-refractivity contribution in [2.45, 2.75) is 13.8 Å². The summed E-state index contributed by atoms with van der Waals surface area (Å²) in [6.45, 7) is 3.38. The number of nitrogens with zero attached hydrogens (tertiary/aromatic N) is 3. The Balaban J connectivity index is 0.00000312. The van der Waals surface area contributed by atoms with E-state index in [2.05, 4.69) is 20.5 Å². The van der Waals surface area contributed by atoms with Gasteiger partial charge in [0.2, 0.25) is 16.0 Å². The Morgan fingerprint density at radius 1 is 1.54 bits per heavy atom. The highest BCUT2D eigenvalue weighted by Crippen LogP contribution is 2.23. The van der Waals surface area contributed by atoms with Gasteiger partial charge in [-0.1, -0.05) is 11.3 Å². The second-order valence-corrected chi connectivity index (χ2v) is 5.53. The van der Waals surface area contributed by atoms with Crippen LogP contribution in [0.3, 0.4) is 0 Å². The first-order chi connectivity index (χ1) is 11.4. The van der Waals surface area contributed by atoms with E-state index in [1.54, 1.807) is 19.9 Å². The quantitative estimate of drug-likeness (QED) is 0.786. The lowest BCUT2D eigenvalue weighted by Crippen LogP contribution is -2.16. The normalized spacial score (nSPS) is 11.7. The van der Waals surface area contributed by atoms with Crippen LogP contribution in [0.1, 0.15) is 24.5 Å². The van der Waals surface area contributed by atoms with E-state index in [9.17, 15) is 9.59 Å². The minimum atomic E-state index is -0.727. The molecule has 128 valence electrons. The van der Waals surface area contributed by atoms with Crippen LogP contribution in [0.4, 0.5) is 10.3 Å². The summed E-state index contributed by atoms with van der Waals surface area (Å²) in [6.07, 6.45) is 2.96. The number of nitrogens with one attached hydrogen (secondary N) is 1. The van der Waals surface area contributed by atoms with Crippen molar-refractivity contribution in [3.8, 4) is 5.75 Å². The van der Waals surface area contributed by atoms with Crippen molar-refractivity contribution in [2.75, 3.05) is 12.4 Å². The fraction of sp³-hybridized carbons (Fsp3) is 0.214. The summed E-state index contributed by atoms with van der Waals surface area (Å²) in [6, 6.07) is 1.41. The number of carbonyl (C=O) groups is 1. The molecule has 0 atom stereocenters. The minimum Gasteiger partial charge on any atom is -0.490 e. The maximum Gasteiger partial charge on any atom is 0.379 e. The van der Waals surface area contributed by atoms with Crippen LogP contribution in [0.5, 0.6) is 5.75 Å². The van der Waals surface area contributed by atoms with Crippen molar-refractivity contribution in [1.29, 1.82) is 0 Å². The highest BCUT2D eigenvalue weighted by Gasteiger charge is 2.16. The Bertz CT molecular complexity index is 874. The Kier molecular flexibility index (Phi) is 5.42. The Morgan fingerprint density at radius 3 is 2.92 bits per heavy atom. The summed E-state index contributed by atoms with van der Waals surface area (Å²) in [5.74, 6) is -0.716. The Labute approximate surface area is 142 Å². The number of allylic oxidation sites excluding steroid dienone is 1. The zero-order valence-electron chi connectivity index (χ0n) is 13.2. The van der Waals surface area contributed by atoms with Gasteiger partial charge in [-0.25, -0.2) is 9.79 Å². The van der Waals surface area contributed by atoms with Gasteiger partial charge in [-0.3, -0.25) is 10.1 Å². The fourth-order valence-electron chi connectivity index (χ4n) is 1.75. The first-order valence-electron chi connectivity index (χ1n) is 6.71. The lowest BCUT2D eigenvalue weighted by Gasteiger charge is -2.04. The summed E-state index contributed by atoms with van der Waals surface area (Å²) < 4.78 is 9.83. The molecule has 10 heteroatoms. The lowest BCUT2D eigenvalue weighted by molar-refractivity contribution is 0.0991. The van der Waals surface area contributed by atoms with Crippen molar-refractivity contribution in [3.63, 3.8) is 0 Å². The number of anilines is 1. The molecule has 9 nitrogen and oxygen atoms in total. The molecule has 2 heterocycles. The van der Waals surface area contributed by atoms with Crippen LogP contribution >= 0.6 is 11.3 Å². The van der Waals surface area contributed by atoms with Gasteiger partial charge in [0.25, 0.3) is 5.91 Å². The van der Waals surface area contributed by atoms with E-state index >= 15 is 0 Å². The number of aromatic nitrogens is 2. The number of aliphatic imine (C=N–C) groups is 1. The highest BCUT2D eigenvalue weighted by atomic mass is 32.1. The predicted molar refractivity (Wildman–Crippen MR) is 92.3 cm³/mol. The van der Waals surface area contributed by atoms with Crippen LogP contribution in [-0.2, 0) is 0 Å². The zero-order chi connectivity index (χ0) is 17.7. The van der Waals surface area contributed by atoms with Crippen LogP contribution in [-0.4, -0.2) is 28.9 Å². The van der Waals surface area contributed by atoms with Crippen LogP contribution in [0, 0.1) is 6.92 Å². The molecule has 0 bridgehead atoms. The molecule has 0 aliphatic heterocycles. The number of hydrogen-bond donors (Lipinski definition) is 2. The van der Waals surface area contributed by atoms with Crippen LogP contribution in [0.25, 0.3) is 0 Å². The number of hydrogen-bond acceptors (Lipinski definition) is 9. The molecule has 2 rings (SSSR count). The van der Waals surface area contributed by atoms with E-state index < -0.39 is 11.5 Å². The largest absolute Gasteiger partial charge is 0.490 e. The zero-order valence-corrected chi connectivity index (χ0v) is 14.0. The minimum absolute atomic E-state index is 0. The summed E-state index contributed by atoms with van der Waals surface area (Å²) >= 11 is 1.07. The predicted octanol–water partition coefficient (Wildman–Crippen LogP) is 1.87. The molecule has 0 saturated carbocycles. The first kappa shape index (κ1) is 17.3. The second-order valence-electron chi connectivity index (χ2n) is 4.57. The summed E-state index contributed by atoms with van der Waals surface area (Å²) in [5, 5.41) is 10.7. The summed E-state index contributed by atoms with van der Waals surface area (Å²) in [5.41, 5.74) is 5.67. The number of methoxy groups -OCH3 is 1. The maximum atomic E-state index is 12.1. The molecule has 0 fully saturated rings. The van der Waals surface area contributed by atoms with Gasteiger partial charge in [0.05, 0.1) is 7.11 Å². The molecule has 2 aromatic rings. The van der Waals surface area contributed by atoms with Crippen LogP contribution < -0.4 is 21.4 Å². The summed E-state index contributed by atoms with van der Waals surface area (Å²) in [7, 11) is 1.35. The van der Waals surface area contributed by atoms with E-state index in [1.807, 2.05) is 0 Å². The van der Waals surface area contributed by atoms with E-state index in [0.29, 0.717) is 16.4 Å². The third-order valence-electron chi connectivity index (χ3n) is 2.77. The molecular weight excluding hydrogens is 334 g/mol. The van der Waals surface area contributed by atoms with Crippen LogP contribution in [0.2, 0.25) is 0 Å². The van der Waals surface area contributed by atoms with E-state index in [0.717, 1.165) is 11.3 Å². The smallest absolute Gasteiger partial charge is 0.379 e. The molecule has 0 aliphatic rings. The third-order valence-corrected chi connectivity index (χ3v) is 3.50. The molecule has 0 saturated heterocycles. The number of ether oxygens (including phenoxy) is 1. The number of carbonyl (C=O) groups excluding carboxylic acids is 1. The monoisotopic (exact) mass is 351 g/mol. The lowest BCUT2D eigenvalue weighted by atomic mass is 10.2. The molecule has 0 aliphatic carbocycles. The van der Waals surface area contributed by atoms with Gasteiger partial charge in [-0.15, -0.1) is 10.2 Å². The van der Waals surface area contributed by atoms with Crippen molar-refractivity contribution >= 4 is 33.2 Å². The molecule has 1 amide bonds. The molecular formula is C14H17N5O4S. The van der Waals surface area contributed by atoms with Crippen molar-refractivity contribution < 1.29 is 15.4 Å². The van der Waals surface area contributed by atoms with Crippen molar-refractivity contribution in [1.82, 2.24) is 10.2 Å². The Morgan fingerprint density at radius 2 is 2.29 bits per heavy atom. The molecule has 0 spiro atoms. The maximum absolute atomic E-state index is 12.1. The van der Waals surface area contributed by atoms with E-state index in [-0.39, 0.29) is 18.1 Å². The number of amides is 1. The molecule has 24 heavy (non-hydrogen) atoms. The van der Waals surface area contributed by atoms with Gasteiger partial charge in [0.1, 0.15) is 0 Å². The second kappa shape index (κ2) is 7.51. The molecule has 0 radical (unpaired) electrons. The number of rotatable bonds is 5. The van der Waals surface area contributed by atoms with Gasteiger partial charge >= 0.3 is 5.63 Å². The standard InChI is InChI=1S/C14H15N5O4S.H2/c1-7-6-9(23-12(21)10(7)22-3)11(20)17-14-19-18-13(24-14)16-8(2)4-5-15;/h4-6H,15H2,1-3H3,(H,17,19,20);1H/b5-4-,16-8+;. The van der Waals surface area contributed by atoms with Gasteiger partial charge in [-0.2, -0.15) is 0 Å². The first-order valence-corrected chi connectivity index (χ1v) is 7.53. The van der Waals surface area contributed by atoms with E-state index in [1.165, 1.54) is 19.4 Å². The van der Waals surface area contributed by atoms with Crippen LogP contribution in [0.15, 0.2) is 32.5 Å². The molecule has 0 unspecified atom stereocenters. The van der Waals surface area contributed by atoms with Gasteiger partial charge < -0.3 is 14.9 Å². The van der Waals surface area contributed by atoms with Gasteiger partial charge in [0, 0.05) is 12.7 Å². The topological polar surface area (TPSA) is 133 Å². The fourth-order valence-corrected chi connectivity index (χ4v) is 2.42. The number of aryl methyl sites for hydroxylation is 1. The van der Waals surface area contributed by atoms with Crippen molar-refractivity contribution in [2.24, 2.45) is 10.7 Å². The average molecular weight is 351 g/mol. The highest BCUT2D eigenvalue weighted by molar-refractivity contribution is 7.18. The average Bonchev–Trinajstić information content (AvgIpc) is 2.94. The molecule has 2 aromatic heterocycles. The third kappa shape index (κ3) is 4.04. The number of nitrogens with two attached hydrogens (primary N) is 1. The van der Waals surface area contributed by atoms with E-state index in [4.69, 9.17) is 14.9 Å². The van der Waals surface area contributed by atoms with Gasteiger partial charge in [-0.05, 0) is 32.2 Å². The molecule has 0 aromatic carbocycles. The Hall–Kier alpha value is -3.01. The van der Waals surface area contributed by atoms with Crippen molar-refractivity contribution in [3.05, 3.63) is 40.1 Å².